The highest BCUT2D eigenvalue weighted by Crippen LogP contribution is 2.30. The maximum absolute atomic E-state index is 13.7. The predicted octanol–water partition coefficient (Wildman–Crippen LogP) is 6.12. The Morgan fingerprint density at radius 1 is 0.920 bits per heavy atom. The van der Waals surface area contributed by atoms with Crippen LogP contribution in [-0.2, 0) is 16.6 Å². The molecule has 1 atom stereocenters. The Hall–Kier alpha value is -6.01. The third kappa shape index (κ3) is 8.16. The van der Waals surface area contributed by atoms with Crippen molar-refractivity contribution in [3.8, 4) is 17.2 Å². The van der Waals surface area contributed by atoms with Crippen LogP contribution in [-0.4, -0.2) is 44.6 Å². The lowest BCUT2D eigenvalue weighted by Gasteiger charge is -2.16. The smallest absolute Gasteiger partial charge is 0.295 e. The normalized spacial score (nSPS) is 11.8. The summed E-state index contributed by atoms with van der Waals surface area (Å²) < 4.78 is 8.58. The predicted molar refractivity (Wildman–Crippen MR) is 196 cm³/mol. The average molecular weight is 692 g/mol. The van der Waals surface area contributed by atoms with Crippen LogP contribution in [0.1, 0.15) is 35.0 Å². The van der Waals surface area contributed by atoms with Crippen LogP contribution >= 0.6 is 11.8 Å². The van der Waals surface area contributed by atoms with Crippen LogP contribution in [0.4, 0.5) is 11.4 Å². The number of benzene rings is 4. The van der Waals surface area contributed by atoms with Gasteiger partial charge in [0.25, 0.3) is 17.4 Å². The Morgan fingerprint density at radius 3 is 2.30 bits per heavy atom. The zero-order chi connectivity index (χ0) is 35.8. The fourth-order valence-corrected chi connectivity index (χ4v) is 6.18. The number of phenols is 1. The first-order valence-electron chi connectivity index (χ1n) is 15.8. The lowest BCUT2D eigenvalue weighted by atomic mass is 10.1. The van der Waals surface area contributed by atoms with Crippen molar-refractivity contribution in [3.63, 3.8) is 0 Å². The summed E-state index contributed by atoms with van der Waals surface area (Å²) in [5, 5.41) is 17.7. The van der Waals surface area contributed by atoms with E-state index < -0.39 is 17.1 Å². The number of hydrogen-bond donors (Lipinski definition) is 4. The molecule has 0 aliphatic heterocycles. The Labute approximate surface area is 293 Å². The third-order valence-corrected chi connectivity index (χ3v) is 9.24. The van der Waals surface area contributed by atoms with Crippen molar-refractivity contribution >= 4 is 46.9 Å². The second-order valence-electron chi connectivity index (χ2n) is 11.2. The van der Waals surface area contributed by atoms with Gasteiger partial charge >= 0.3 is 0 Å². The first kappa shape index (κ1) is 35.3. The lowest BCUT2D eigenvalue weighted by Crippen LogP contribution is -2.30. The summed E-state index contributed by atoms with van der Waals surface area (Å²) in [6, 6.07) is 29.1. The molecule has 4 N–H and O–H groups in total. The average Bonchev–Trinajstić information content (AvgIpc) is 3.34. The molecule has 256 valence electrons. The molecule has 1 aromatic heterocycles. The van der Waals surface area contributed by atoms with Crippen LogP contribution in [0.25, 0.3) is 11.8 Å². The molecule has 11 nitrogen and oxygen atoms in total. The fourth-order valence-electron chi connectivity index (χ4n) is 5.17. The molecule has 12 heteroatoms. The van der Waals surface area contributed by atoms with Crippen LogP contribution in [0, 0.1) is 6.92 Å². The second-order valence-corrected chi connectivity index (χ2v) is 12.5. The number of nitrogens with one attached hydrogen (secondary N) is 3. The van der Waals surface area contributed by atoms with E-state index in [1.807, 2.05) is 43.3 Å². The summed E-state index contributed by atoms with van der Waals surface area (Å²) in [6.45, 7) is 3.66. The molecule has 1 unspecified atom stereocenters. The highest BCUT2D eigenvalue weighted by Gasteiger charge is 2.24. The Kier molecular flexibility index (Phi) is 11.2. The van der Waals surface area contributed by atoms with E-state index in [4.69, 9.17) is 4.74 Å². The first-order chi connectivity index (χ1) is 24.1. The quantitative estimate of drug-likeness (QED) is 0.0912. The number of para-hydroxylation sites is 1. The van der Waals surface area contributed by atoms with E-state index in [1.54, 1.807) is 73.3 Å². The molecule has 50 heavy (non-hydrogen) atoms. The molecular weight excluding hydrogens is 655 g/mol. The molecule has 5 aromatic rings. The first-order valence-corrected chi connectivity index (χ1v) is 16.7. The van der Waals surface area contributed by atoms with Crippen molar-refractivity contribution in [2.24, 2.45) is 7.05 Å². The number of hydrogen-bond acceptors (Lipinski definition) is 7. The number of carbonyl (C=O) groups is 3. The van der Waals surface area contributed by atoms with Crippen molar-refractivity contribution in [1.82, 2.24) is 14.7 Å². The number of rotatable bonds is 12. The summed E-state index contributed by atoms with van der Waals surface area (Å²) in [6.07, 6.45) is 1.93. The number of anilines is 2. The number of carbonyl (C=O) groups excluding carboxylic acids is 3. The van der Waals surface area contributed by atoms with Crippen LogP contribution in [0.5, 0.6) is 11.5 Å². The zero-order valence-corrected chi connectivity index (χ0v) is 28.8. The minimum atomic E-state index is -0.606. The zero-order valence-electron chi connectivity index (χ0n) is 28.0. The van der Waals surface area contributed by atoms with Gasteiger partial charge in [0.15, 0.2) is 0 Å². The molecule has 4 aromatic carbocycles. The number of amides is 3. The largest absolute Gasteiger partial charge is 0.508 e. The van der Waals surface area contributed by atoms with E-state index >= 15 is 0 Å². The lowest BCUT2D eigenvalue weighted by molar-refractivity contribution is -0.116. The molecule has 0 saturated heterocycles. The van der Waals surface area contributed by atoms with Gasteiger partial charge in [-0.3, -0.25) is 23.9 Å². The maximum Gasteiger partial charge on any atom is 0.295 e. The van der Waals surface area contributed by atoms with Crippen LogP contribution < -0.4 is 26.2 Å². The SMILES string of the molecule is CCC(Sc1cccc(NC(=O)/C(=C\c2ccc(O)cc2OC)NC(=O)c2ccccc2)c1)C(=O)Nc1c(C)n(C)n(-c2ccccc2)c1=O. The molecule has 5 rings (SSSR count). The molecule has 0 spiro atoms. The molecule has 0 aliphatic rings. The summed E-state index contributed by atoms with van der Waals surface area (Å²) in [4.78, 5) is 54.3. The van der Waals surface area contributed by atoms with E-state index in [2.05, 4.69) is 16.0 Å². The van der Waals surface area contributed by atoms with Crippen molar-refractivity contribution in [3.05, 3.63) is 136 Å². The standard InChI is InChI=1S/C38H37N5O6S/c1-5-33(37(47)41-34-24(2)42(3)43(38(34)48)28-16-10-7-11-17-28)50-30-18-12-15-27(22-30)39-36(46)31(40-35(45)25-13-8-6-9-14-25)21-26-19-20-29(44)23-32(26)49-4/h6-23,33,44H,5H2,1-4H3,(H,39,46)(H,40,45)(H,41,47)/b31-21+. The summed E-state index contributed by atoms with van der Waals surface area (Å²) in [7, 11) is 3.20. The fraction of sp³-hybridized carbons (Fsp3) is 0.158. The van der Waals surface area contributed by atoms with Gasteiger partial charge in [-0.2, -0.15) is 0 Å². The minimum Gasteiger partial charge on any atom is -0.508 e. The van der Waals surface area contributed by atoms with Crippen molar-refractivity contribution in [1.29, 1.82) is 0 Å². The molecule has 0 saturated carbocycles. The minimum absolute atomic E-state index is 0.0186. The number of aromatic hydroxyl groups is 1. The van der Waals surface area contributed by atoms with Gasteiger partial charge in [-0.25, -0.2) is 4.68 Å². The van der Waals surface area contributed by atoms with Gasteiger partial charge in [-0.1, -0.05) is 49.4 Å². The van der Waals surface area contributed by atoms with E-state index in [1.165, 1.54) is 41.8 Å². The summed E-state index contributed by atoms with van der Waals surface area (Å²) in [5.74, 6) is -1.14. The van der Waals surface area contributed by atoms with Gasteiger partial charge in [0.05, 0.1) is 23.7 Å². The number of ether oxygens (including phenoxy) is 1. The van der Waals surface area contributed by atoms with Crippen LogP contribution in [0.3, 0.4) is 0 Å². The van der Waals surface area contributed by atoms with Gasteiger partial charge in [0.2, 0.25) is 5.91 Å². The molecule has 0 bridgehead atoms. The summed E-state index contributed by atoms with van der Waals surface area (Å²) in [5.41, 5.74) is 2.35. The number of methoxy groups -OCH3 is 1. The van der Waals surface area contributed by atoms with Gasteiger partial charge < -0.3 is 25.8 Å². The van der Waals surface area contributed by atoms with Crippen molar-refractivity contribution in [2.45, 2.75) is 30.4 Å². The van der Waals surface area contributed by atoms with Gasteiger partial charge in [0.1, 0.15) is 22.9 Å². The number of nitrogens with zero attached hydrogens (tertiary/aromatic N) is 2. The molecule has 0 fully saturated rings. The Morgan fingerprint density at radius 2 is 1.62 bits per heavy atom. The molecular formula is C38H37N5O6S. The van der Waals surface area contributed by atoms with E-state index in [-0.39, 0.29) is 28.6 Å². The Balaban J connectivity index is 1.35. The van der Waals surface area contributed by atoms with E-state index in [0.717, 1.165) is 0 Å². The van der Waals surface area contributed by atoms with E-state index in [9.17, 15) is 24.3 Å². The highest BCUT2D eigenvalue weighted by molar-refractivity contribution is 8.00. The van der Waals surface area contributed by atoms with Crippen molar-refractivity contribution < 1.29 is 24.2 Å². The summed E-state index contributed by atoms with van der Waals surface area (Å²) >= 11 is 1.30. The third-order valence-electron chi connectivity index (χ3n) is 7.88. The molecule has 1 heterocycles. The number of aromatic nitrogens is 2. The Bertz CT molecular complexity index is 2110. The molecule has 3 amide bonds. The maximum atomic E-state index is 13.7. The van der Waals surface area contributed by atoms with Crippen LogP contribution in [0.15, 0.2) is 119 Å². The molecule has 0 aliphatic carbocycles. The van der Waals surface area contributed by atoms with Gasteiger partial charge in [-0.15, -0.1) is 11.8 Å². The number of thioether (sulfide) groups is 1. The van der Waals surface area contributed by atoms with Gasteiger partial charge in [0, 0.05) is 34.8 Å². The van der Waals surface area contributed by atoms with E-state index in [0.29, 0.717) is 45.3 Å². The topological polar surface area (TPSA) is 144 Å². The monoisotopic (exact) mass is 691 g/mol. The highest BCUT2D eigenvalue weighted by atomic mass is 32.2. The number of phenolic OH excluding ortho intramolecular Hbond substituents is 1. The molecule has 0 radical (unpaired) electrons. The second kappa shape index (κ2) is 15.9. The van der Waals surface area contributed by atoms with Gasteiger partial charge in [-0.05, 0) is 74.0 Å². The van der Waals surface area contributed by atoms with Crippen molar-refractivity contribution in [2.75, 3.05) is 17.7 Å². The van der Waals surface area contributed by atoms with Crippen LogP contribution in [0.2, 0.25) is 0 Å².